The van der Waals surface area contributed by atoms with Crippen LogP contribution in [0.5, 0.6) is 5.88 Å². The summed E-state index contributed by atoms with van der Waals surface area (Å²) in [4.78, 5) is 4.02. The highest BCUT2D eigenvalue weighted by atomic mass is 79.9. The first-order valence-corrected chi connectivity index (χ1v) is 3.91. The van der Waals surface area contributed by atoms with Crippen LogP contribution in [-0.2, 0) is 0 Å². The number of rotatable bonds is 1. The van der Waals surface area contributed by atoms with E-state index < -0.39 is 0 Å². The predicted molar refractivity (Wildman–Crippen MR) is 47.6 cm³/mol. The van der Waals surface area contributed by atoms with Crippen molar-refractivity contribution in [1.82, 2.24) is 4.98 Å². The highest BCUT2D eigenvalue weighted by Gasteiger charge is 2.03. The Labute approximate surface area is 73.7 Å². The third kappa shape index (κ3) is 1.63. The summed E-state index contributed by atoms with van der Waals surface area (Å²) in [6, 6.07) is 1.79. The van der Waals surface area contributed by atoms with Crippen molar-refractivity contribution in [2.45, 2.75) is 6.92 Å². The van der Waals surface area contributed by atoms with Crippen molar-refractivity contribution in [3.05, 3.63) is 16.2 Å². The Bertz CT molecular complexity index is 252. The summed E-state index contributed by atoms with van der Waals surface area (Å²) in [5.74, 6) is 0.573. The van der Waals surface area contributed by atoms with Crippen LogP contribution in [0.25, 0.3) is 0 Å². The molecule has 1 aromatic rings. The minimum Gasteiger partial charge on any atom is -0.481 e. The van der Waals surface area contributed by atoms with Gasteiger partial charge in [-0.2, -0.15) is 0 Å². The molecule has 11 heavy (non-hydrogen) atoms. The van der Waals surface area contributed by atoms with E-state index in [2.05, 4.69) is 20.9 Å². The third-order valence-electron chi connectivity index (χ3n) is 1.40. The number of nitrogens with zero attached hydrogens (tertiary/aromatic N) is 1. The number of hydrogen-bond donors (Lipinski definition) is 1. The number of aryl methyl sites for hydroxylation is 1. The highest BCUT2D eigenvalue weighted by molar-refractivity contribution is 9.10. The smallest absolute Gasteiger partial charge is 0.214 e. The molecule has 1 rings (SSSR count). The van der Waals surface area contributed by atoms with Gasteiger partial charge < -0.3 is 10.5 Å². The number of pyridine rings is 1. The molecule has 1 heterocycles. The lowest BCUT2D eigenvalue weighted by Crippen LogP contribution is -1.96. The minimum absolute atomic E-state index is 0.573. The van der Waals surface area contributed by atoms with E-state index in [9.17, 15) is 0 Å². The largest absolute Gasteiger partial charge is 0.481 e. The van der Waals surface area contributed by atoms with Gasteiger partial charge in [0.1, 0.15) is 4.60 Å². The van der Waals surface area contributed by atoms with Crippen molar-refractivity contribution in [2.24, 2.45) is 0 Å². The van der Waals surface area contributed by atoms with Gasteiger partial charge in [0.2, 0.25) is 5.88 Å². The molecule has 0 aliphatic carbocycles. The van der Waals surface area contributed by atoms with Crippen molar-refractivity contribution in [1.29, 1.82) is 0 Å². The van der Waals surface area contributed by atoms with Gasteiger partial charge in [-0.25, -0.2) is 4.98 Å². The van der Waals surface area contributed by atoms with Crippen LogP contribution >= 0.6 is 15.9 Å². The Morgan fingerprint density at radius 2 is 2.27 bits per heavy atom. The van der Waals surface area contributed by atoms with Gasteiger partial charge in [-0.05, 0) is 28.4 Å². The fraction of sp³-hybridized carbons (Fsp3) is 0.286. The molecule has 0 saturated carbocycles. The van der Waals surface area contributed by atoms with Gasteiger partial charge in [0, 0.05) is 6.07 Å². The van der Waals surface area contributed by atoms with Crippen LogP contribution in [-0.4, -0.2) is 12.1 Å². The number of ether oxygens (including phenoxy) is 1. The fourth-order valence-corrected chi connectivity index (χ4v) is 1.21. The second-order valence-corrected chi connectivity index (χ2v) is 2.94. The summed E-state index contributed by atoms with van der Waals surface area (Å²) in [6.07, 6.45) is 0. The number of hydrogen-bond acceptors (Lipinski definition) is 3. The number of methoxy groups -OCH3 is 1. The zero-order chi connectivity index (χ0) is 8.43. The summed E-state index contributed by atoms with van der Waals surface area (Å²) in [5.41, 5.74) is 7.26. The van der Waals surface area contributed by atoms with E-state index >= 15 is 0 Å². The van der Waals surface area contributed by atoms with Crippen molar-refractivity contribution >= 4 is 21.6 Å². The average molecular weight is 217 g/mol. The Morgan fingerprint density at radius 3 is 2.73 bits per heavy atom. The molecule has 60 valence electrons. The molecule has 1 aromatic heterocycles. The molecule has 0 fully saturated rings. The molecule has 0 unspecified atom stereocenters. The SMILES string of the molecule is COc1cc(C)c(N)c(Br)n1. The lowest BCUT2D eigenvalue weighted by molar-refractivity contribution is 0.397. The van der Waals surface area contributed by atoms with Crippen LogP contribution in [0.2, 0.25) is 0 Å². The number of nitrogens with two attached hydrogens (primary N) is 1. The lowest BCUT2D eigenvalue weighted by Gasteiger charge is -2.04. The second-order valence-electron chi connectivity index (χ2n) is 2.19. The van der Waals surface area contributed by atoms with Gasteiger partial charge in [-0.15, -0.1) is 0 Å². The van der Waals surface area contributed by atoms with Crippen molar-refractivity contribution in [3.63, 3.8) is 0 Å². The first kappa shape index (κ1) is 8.33. The van der Waals surface area contributed by atoms with Gasteiger partial charge in [0.15, 0.2) is 0 Å². The highest BCUT2D eigenvalue weighted by Crippen LogP contribution is 2.24. The van der Waals surface area contributed by atoms with E-state index in [0.29, 0.717) is 16.2 Å². The molecule has 0 amide bonds. The Hall–Kier alpha value is -0.770. The van der Waals surface area contributed by atoms with E-state index in [1.54, 1.807) is 13.2 Å². The van der Waals surface area contributed by atoms with E-state index in [-0.39, 0.29) is 0 Å². The maximum absolute atomic E-state index is 5.64. The molecule has 0 radical (unpaired) electrons. The Balaban J connectivity index is 3.21. The van der Waals surface area contributed by atoms with Crippen LogP contribution in [0, 0.1) is 6.92 Å². The first-order chi connectivity index (χ1) is 5.15. The molecule has 0 spiro atoms. The zero-order valence-corrected chi connectivity index (χ0v) is 7.97. The molecule has 3 nitrogen and oxygen atoms in total. The molecule has 0 bridgehead atoms. The van der Waals surface area contributed by atoms with E-state index in [1.807, 2.05) is 6.92 Å². The Morgan fingerprint density at radius 1 is 1.64 bits per heavy atom. The molecule has 2 N–H and O–H groups in total. The minimum atomic E-state index is 0.573. The number of halogens is 1. The van der Waals surface area contributed by atoms with E-state index in [4.69, 9.17) is 10.5 Å². The second kappa shape index (κ2) is 3.09. The first-order valence-electron chi connectivity index (χ1n) is 3.11. The number of anilines is 1. The number of nitrogen functional groups attached to an aromatic ring is 1. The third-order valence-corrected chi connectivity index (χ3v) is 2.01. The van der Waals surface area contributed by atoms with Crippen LogP contribution in [0.3, 0.4) is 0 Å². The molecule has 0 aliphatic heterocycles. The zero-order valence-electron chi connectivity index (χ0n) is 6.39. The normalized spacial score (nSPS) is 9.73. The quantitative estimate of drug-likeness (QED) is 0.729. The van der Waals surface area contributed by atoms with Crippen LogP contribution in [0.1, 0.15) is 5.56 Å². The summed E-state index contributed by atoms with van der Waals surface area (Å²) in [5, 5.41) is 0. The maximum atomic E-state index is 5.64. The van der Waals surface area contributed by atoms with Crippen LogP contribution in [0.4, 0.5) is 5.69 Å². The van der Waals surface area contributed by atoms with Crippen molar-refractivity contribution < 1.29 is 4.74 Å². The summed E-state index contributed by atoms with van der Waals surface area (Å²) < 4.78 is 5.57. The molecule has 4 heteroatoms. The summed E-state index contributed by atoms with van der Waals surface area (Å²) in [7, 11) is 1.57. The molecule has 0 aliphatic rings. The topological polar surface area (TPSA) is 48.1 Å². The fourth-order valence-electron chi connectivity index (χ4n) is 0.719. The molecule has 0 atom stereocenters. The molecule has 0 saturated heterocycles. The van der Waals surface area contributed by atoms with E-state index in [1.165, 1.54) is 0 Å². The van der Waals surface area contributed by atoms with Gasteiger partial charge in [-0.3, -0.25) is 0 Å². The van der Waals surface area contributed by atoms with Crippen LogP contribution in [0.15, 0.2) is 10.7 Å². The van der Waals surface area contributed by atoms with Gasteiger partial charge in [0.05, 0.1) is 12.8 Å². The van der Waals surface area contributed by atoms with E-state index in [0.717, 1.165) is 5.56 Å². The molecular weight excluding hydrogens is 208 g/mol. The summed E-state index contributed by atoms with van der Waals surface area (Å²) >= 11 is 3.22. The maximum Gasteiger partial charge on any atom is 0.214 e. The molecule has 0 aromatic carbocycles. The molecular formula is C7H9BrN2O. The average Bonchev–Trinajstić information content (AvgIpc) is 1.99. The van der Waals surface area contributed by atoms with Gasteiger partial charge in [0.25, 0.3) is 0 Å². The summed E-state index contributed by atoms with van der Waals surface area (Å²) in [6.45, 7) is 1.91. The Kier molecular flexibility index (Phi) is 2.34. The number of aromatic nitrogens is 1. The lowest BCUT2D eigenvalue weighted by atomic mass is 10.2. The predicted octanol–water partition coefficient (Wildman–Crippen LogP) is 1.74. The van der Waals surface area contributed by atoms with Crippen LogP contribution < -0.4 is 10.5 Å². The van der Waals surface area contributed by atoms with Gasteiger partial charge >= 0.3 is 0 Å². The van der Waals surface area contributed by atoms with Gasteiger partial charge in [-0.1, -0.05) is 0 Å². The standard InChI is InChI=1S/C7H9BrN2O/c1-4-3-5(11-2)10-7(8)6(4)9/h3H,9H2,1-2H3. The monoisotopic (exact) mass is 216 g/mol. The van der Waals surface area contributed by atoms with Crippen molar-refractivity contribution in [2.75, 3.05) is 12.8 Å². The van der Waals surface area contributed by atoms with Crippen molar-refractivity contribution in [3.8, 4) is 5.88 Å².